The molecule has 0 aliphatic rings. The van der Waals surface area contributed by atoms with Crippen LogP contribution in [0.2, 0.25) is 0 Å². The van der Waals surface area contributed by atoms with Crippen LogP contribution in [0, 0.1) is 18.3 Å². The molecule has 0 unspecified atom stereocenters. The molecule has 7 nitrogen and oxygen atoms in total. The van der Waals surface area contributed by atoms with Crippen LogP contribution < -0.4 is 0 Å². The Morgan fingerprint density at radius 2 is 2.30 bits per heavy atom. The number of hydrogen-bond donors (Lipinski definition) is 0. The molecule has 7 heteroatoms. The second kappa shape index (κ2) is 4.93. The van der Waals surface area contributed by atoms with Gasteiger partial charge in [0.05, 0.1) is 0 Å². The molecule has 3 rings (SSSR count). The van der Waals surface area contributed by atoms with Crippen molar-refractivity contribution in [1.29, 1.82) is 5.26 Å². The molecule has 0 aliphatic heterocycles. The van der Waals surface area contributed by atoms with Crippen molar-refractivity contribution in [3.8, 4) is 17.5 Å². The molecule has 0 aliphatic carbocycles. The van der Waals surface area contributed by atoms with Crippen LogP contribution >= 0.6 is 0 Å². The van der Waals surface area contributed by atoms with Crippen LogP contribution in [0.5, 0.6) is 0 Å². The smallest absolute Gasteiger partial charge is 0.252 e. The highest BCUT2D eigenvalue weighted by atomic mass is 16.5. The molecule has 0 atom stereocenters. The quantitative estimate of drug-likeness (QED) is 0.714. The summed E-state index contributed by atoms with van der Waals surface area (Å²) in [6, 6.07) is 9.71. The molecule has 3 aromatic rings. The van der Waals surface area contributed by atoms with Gasteiger partial charge in [-0.2, -0.15) is 10.2 Å². The minimum Gasteiger partial charge on any atom is -0.337 e. The van der Waals surface area contributed by atoms with Gasteiger partial charge in [-0.25, -0.2) is 9.67 Å². The van der Waals surface area contributed by atoms with Gasteiger partial charge in [0.2, 0.25) is 11.7 Å². The third kappa shape index (κ3) is 2.40. The topological polar surface area (TPSA) is 93.4 Å². The maximum Gasteiger partial charge on any atom is 0.252 e. The average molecular weight is 266 g/mol. The largest absolute Gasteiger partial charge is 0.337 e. The predicted molar refractivity (Wildman–Crippen MR) is 68.3 cm³/mol. The normalized spacial score (nSPS) is 10.4. The number of hydrogen-bond acceptors (Lipinski definition) is 6. The molecule has 2 heterocycles. The predicted octanol–water partition coefficient (Wildman–Crippen LogP) is 1.56. The first kappa shape index (κ1) is 12.0. The summed E-state index contributed by atoms with van der Waals surface area (Å²) >= 11 is 0. The van der Waals surface area contributed by atoms with E-state index in [1.165, 1.54) is 11.0 Å². The van der Waals surface area contributed by atoms with E-state index in [-0.39, 0.29) is 12.4 Å². The number of nitriles is 1. The van der Waals surface area contributed by atoms with Crippen molar-refractivity contribution in [2.24, 2.45) is 0 Å². The summed E-state index contributed by atoms with van der Waals surface area (Å²) in [5, 5.41) is 16.5. The van der Waals surface area contributed by atoms with Crippen LogP contribution in [0.4, 0.5) is 0 Å². The molecule has 1 aromatic carbocycles. The monoisotopic (exact) mass is 266 g/mol. The van der Waals surface area contributed by atoms with Crippen molar-refractivity contribution in [3.05, 3.63) is 47.9 Å². The summed E-state index contributed by atoms with van der Waals surface area (Å²) in [6.45, 7) is 2.29. The number of aromatic nitrogens is 5. The van der Waals surface area contributed by atoms with Crippen molar-refractivity contribution in [2.75, 3.05) is 0 Å². The molecule has 20 heavy (non-hydrogen) atoms. The molecule has 0 amide bonds. The summed E-state index contributed by atoms with van der Waals surface area (Å²) in [6.07, 6.45) is 1.45. The van der Waals surface area contributed by atoms with Gasteiger partial charge in [0.1, 0.15) is 18.9 Å². The fourth-order valence-corrected chi connectivity index (χ4v) is 1.78. The highest BCUT2D eigenvalue weighted by Gasteiger charge is 2.10. The first-order valence-corrected chi connectivity index (χ1v) is 5.94. The number of rotatable bonds is 3. The summed E-state index contributed by atoms with van der Waals surface area (Å²) in [4.78, 5) is 8.11. The van der Waals surface area contributed by atoms with E-state index in [2.05, 4.69) is 20.2 Å². The average Bonchev–Trinajstić information content (AvgIpc) is 3.08. The van der Waals surface area contributed by atoms with Crippen LogP contribution in [0.25, 0.3) is 11.4 Å². The lowest BCUT2D eigenvalue weighted by Crippen LogP contribution is -2.00. The van der Waals surface area contributed by atoms with Gasteiger partial charge >= 0.3 is 0 Å². The Morgan fingerprint density at radius 1 is 1.40 bits per heavy atom. The molecule has 0 bridgehead atoms. The Labute approximate surface area is 114 Å². The summed E-state index contributed by atoms with van der Waals surface area (Å²) in [5.41, 5.74) is 2.03. The molecule has 0 radical (unpaired) electrons. The fourth-order valence-electron chi connectivity index (χ4n) is 1.78. The number of benzene rings is 1. The minimum atomic E-state index is 0.114. The van der Waals surface area contributed by atoms with E-state index in [0.29, 0.717) is 11.7 Å². The van der Waals surface area contributed by atoms with Crippen molar-refractivity contribution >= 4 is 0 Å². The van der Waals surface area contributed by atoms with E-state index in [1.807, 2.05) is 37.3 Å². The summed E-state index contributed by atoms with van der Waals surface area (Å²) in [7, 11) is 0. The van der Waals surface area contributed by atoms with Gasteiger partial charge in [-0.15, -0.1) is 5.10 Å². The third-order valence-corrected chi connectivity index (χ3v) is 2.68. The molecular weight excluding hydrogens is 256 g/mol. The summed E-state index contributed by atoms with van der Waals surface area (Å²) in [5.74, 6) is 1.06. The SMILES string of the molecule is Cc1cccc(-c2noc(Cn3cnc(C#N)n3)n2)c1. The van der Waals surface area contributed by atoms with Crippen molar-refractivity contribution in [1.82, 2.24) is 24.9 Å². The maximum atomic E-state index is 8.66. The highest BCUT2D eigenvalue weighted by molar-refractivity contribution is 5.55. The van der Waals surface area contributed by atoms with E-state index in [9.17, 15) is 0 Å². The molecule has 0 fully saturated rings. The standard InChI is InChI=1S/C13H10N6O/c1-9-3-2-4-10(5-9)13-16-12(20-18-13)7-19-8-15-11(6-14)17-19/h2-5,8H,7H2,1H3. The second-order valence-electron chi connectivity index (χ2n) is 4.26. The lowest BCUT2D eigenvalue weighted by atomic mass is 10.1. The Morgan fingerprint density at radius 3 is 3.05 bits per heavy atom. The van der Waals surface area contributed by atoms with Crippen LogP contribution in [-0.4, -0.2) is 24.9 Å². The molecule has 0 saturated heterocycles. The van der Waals surface area contributed by atoms with Crippen LogP contribution in [0.1, 0.15) is 17.3 Å². The number of aryl methyl sites for hydroxylation is 1. The van der Waals surface area contributed by atoms with Crippen LogP contribution in [-0.2, 0) is 6.54 Å². The van der Waals surface area contributed by atoms with Crippen LogP contribution in [0.15, 0.2) is 35.1 Å². The Kier molecular flexibility index (Phi) is 2.97. The van der Waals surface area contributed by atoms with E-state index < -0.39 is 0 Å². The molecule has 2 aromatic heterocycles. The zero-order chi connectivity index (χ0) is 13.9. The number of nitrogens with zero attached hydrogens (tertiary/aromatic N) is 6. The minimum absolute atomic E-state index is 0.114. The summed E-state index contributed by atoms with van der Waals surface area (Å²) < 4.78 is 6.65. The Bertz CT molecular complexity index is 782. The first-order chi connectivity index (χ1) is 9.74. The lowest BCUT2D eigenvalue weighted by molar-refractivity contribution is 0.366. The molecule has 0 saturated carbocycles. The maximum absolute atomic E-state index is 8.66. The van der Waals surface area contributed by atoms with Crippen molar-refractivity contribution in [3.63, 3.8) is 0 Å². The molecule has 98 valence electrons. The van der Waals surface area contributed by atoms with E-state index in [4.69, 9.17) is 9.78 Å². The van der Waals surface area contributed by atoms with E-state index in [0.717, 1.165) is 11.1 Å². The Hall–Kier alpha value is -3.01. The highest BCUT2D eigenvalue weighted by Crippen LogP contribution is 2.17. The van der Waals surface area contributed by atoms with Crippen molar-refractivity contribution < 1.29 is 4.52 Å². The zero-order valence-corrected chi connectivity index (χ0v) is 10.7. The van der Waals surface area contributed by atoms with Gasteiger partial charge in [0, 0.05) is 5.56 Å². The van der Waals surface area contributed by atoms with Crippen LogP contribution in [0.3, 0.4) is 0 Å². The van der Waals surface area contributed by atoms with Gasteiger partial charge < -0.3 is 4.52 Å². The third-order valence-electron chi connectivity index (χ3n) is 2.68. The first-order valence-electron chi connectivity index (χ1n) is 5.94. The van der Waals surface area contributed by atoms with Crippen molar-refractivity contribution in [2.45, 2.75) is 13.5 Å². The van der Waals surface area contributed by atoms with Gasteiger partial charge in [-0.05, 0) is 13.0 Å². The fraction of sp³-hybridized carbons (Fsp3) is 0.154. The second-order valence-corrected chi connectivity index (χ2v) is 4.26. The molecule has 0 N–H and O–H groups in total. The Balaban J connectivity index is 1.82. The van der Waals surface area contributed by atoms with Gasteiger partial charge in [0.25, 0.3) is 5.82 Å². The lowest BCUT2D eigenvalue weighted by Gasteiger charge is -1.95. The van der Waals surface area contributed by atoms with E-state index in [1.54, 1.807) is 0 Å². The zero-order valence-electron chi connectivity index (χ0n) is 10.7. The van der Waals surface area contributed by atoms with Gasteiger partial charge in [-0.1, -0.05) is 28.9 Å². The molecular formula is C13H10N6O. The van der Waals surface area contributed by atoms with E-state index >= 15 is 0 Å². The van der Waals surface area contributed by atoms with Gasteiger partial charge in [-0.3, -0.25) is 0 Å². The van der Waals surface area contributed by atoms with Gasteiger partial charge in [0.15, 0.2) is 0 Å². The molecule has 0 spiro atoms.